The average molecular weight is 723 g/mol. The highest BCUT2D eigenvalue weighted by atomic mass is 16.2. The lowest BCUT2D eigenvalue weighted by atomic mass is 9.77. The number of hydrogen-bond donors (Lipinski definition) is 1. The zero-order valence-corrected chi connectivity index (χ0v) is 31.4. The van der Waals surface area contributed by atoms with Crippen LogP contribution in [0, 0.1) is 5.41 Å². The van der Waals surface area contributed by atoms with Crippen molar-refractivity contribution in [2.45, 2.75) is 46.2 Å². The van der Waals surface area contributed by atoms with Gasteiger partial charge >= 0.3 is 0 Å². The van der Waals surface area contributed by atoms with Crippen LogP contribution in [-0.2, 0) is 23.3 Å². The number of nitrogens with zero attached hydrogens (tertiary/aromatic N) is 7. The molecule has 0 aliphatic carbocycles. The maximum absolute atomic E-state index is 12.7. The van der Waals surface area contributed by atoms with Crippen molar-refractivity contribution in [3.8, 4) is 22.5 Å². The monoisotopic (exact) mass is 722 g/mol. The largest absolute Gasteiger partial charge is 0.310 e. The van der Waals surface area contributed by atoms with Crippen molar-refractivity contribution in [1.29, 1.82) is 0 Å². The van der Waals surface area contributed by atoms with Gasteiger partial charge in [-0.3, -0.25) is 4.79 Å². The maximum Gasteiger partial charge on any atom is 0.230 e. The van der Waals surface area contributed by atoms with Gasteiger partial charge in [0.05, 0.1) is 6.54 Å². The summed E-state index contributed by atoms with van der Waals surface area (Å²) in [5.41, 5.74) is 7.32. The third kappa shape index (κ3) is 6.58. The second kappa shape index (κ2) is 14.6. The van der Waals surface area contributed by atoms with Crippen LogP contribution in [-0.4, -0.2) is 40.6 Å². The predicted molar refractivity (Wildman–Crippen MR) is 217 cm³/mol. The van der Waals surface area contributed by atoms with Crippen molar-refractivity contribution in [3.05, 3.63) is 180 Å². The summed E-state index contributed by atoms with van der Waals surface area (Å²) in [6, 6.07) is 51.9. The van der Waals surface area contributed by atoms with Gasteiger partial charge in [-0.2, -0.15) is 0 Å². The van der Waals surface area contributed by atoms with Crippen molar-refractivity contribution in [3.63, 3.8) is 0 Å². The molecule has 1 N–H and O–H groups in total. The molecule has 0 saturated carbocycles. The van der Waals surface area contributed by atoms with E-state index in [2.05, 4.69) is 131 Å². The molecule has 9 heteroatoms. The van der Waals surface area contributed by atoms with Gasteiger partial charge in [-0.05, 0) is 55.9 Å². The van der Waals surface area contributed by atoms with Crippen LogP contribution in [0.3, 0.4) is 0 Å². The molecule has 1 amide bonds. The molecule has 0 aliphatic rings. The summed E-state index contributed by atoms with van der Waals surface area (Å²) in [5.74, 6) is 2.01. The highest BCUT2D eigenvalue weighted by Crippen LogP contribution is 2.43. The first-order valence-corrected chi connectivity index (χ1v) is 18.6. The number of benzene rings is 5. The number of aromatic nitrogens is 7. The van der Waals surface area contributed by atoms with Gasteiger partial charge in [0.25, 0.3) is 0 Å². The Kier molecular flexibility index (Phi) is 9.36. The van der Waals surface area contributed by atoms with E-state index in [0.717, 1.165) is 62.4 Å². The first-order chi connectivity index (χ1) is 26.8. The van der Waals surface area contributed by atoms with Crippen LogP contribution >= 0.6 is 0 Å². The predicted octanol–water partition coefficient (Wildman–Crippen LogP) is 9.19. The number of tetrazole rings is 1. The van der Waals surface area contributed by atoms with Crippen LogP contribution in [0.4, 0.5) is 5.82 Å². The second-order valence-electron chi connectivity index (χ2n) is 14.7. The summed E-state index contributed by atoms with van der Waals surface area (Å²) >= 11 is 0. The number of rotatable bonds is 10. The van der Waals surface area contributed by atoms with Gasteiger partial charge in [0, 0.05) is 17.4 Å². The van der Waals surface area contributed by atoms with E-state index in [9.17, 15) is 4.79 Å². The molecule has 0 radical (unpaired) electrons. The number of carbonyl (C=O) groups excluding carboxylic acids is 1. The molecule has 0 atom stereocenters. The lowest BCUT2D eigenvalue weighted by Crippen LogP contribution is -2.39. The third-order valence-corrected chi connectivity index (χ3v) is 10.0. The molecule has 0 unspecified atom stereocenters. The number of anilines is 1. The number of aryl methyl sites for hydroxylation is 1. The van der Waals surface area contributed by atoms with Crippen molar-refractivity contribution >= 4 is 22.9 Å². The van der Waals surface area contributed by atoms with Crippen LogP contribution in [0.15, 0.2) is 152 Å². The fraction of sp³-hybridized carbons (Fsp3) is 0.174. The van der Waals surface area contributed by atoms with Crippen molar-refractivity contribution in [2.24, 2.45) is 5.41 Å². The summed E-state index contributed by atoms with van der Waals surface area (Å²) in [5, 5.41) is 16.8. The Balaban J connectivity index is 1.19. The van der Waals surface area contributed by atoms with Crippen molar-refractivity contribution in [2.75, 3.05) is 5.32 Å². The zero-order chi connectivity index (χ0) is 38.0. The molecule has 0 fully saturated rings. The minimum Gasteiger partial charge on any atom is -0.310 e. The molecule has 0 spiro atoms. The molecule has 3 heterocycles. The second-order valence-corrected chi connectivity index (χ2v) is 14.7. The number of hydrogen-bond acceptors (Lipinski definition) is 6. The third-order valence-electron chi connectivity index (χ3n) is 10.0. The van der Waals surface area contributed by atoms with Crippen molar-refractivity contribution in [1.82, 2.24) is 34.7 Å². The number of imidazole rings is 1. The Labute approximate surface area is 320 Å². The van der Waals surface area contributed by atoms with Gasteiger partial charge in [0.15, 0.2) is 11.5 Å². The number of fused-ring (bicyclic) bond motifs is 1. The summed E-state index contributed by atoms with van der Waals surface area (Å²) in [4.78, 5) is 22.4. The molecule has 3 aromatic heterocycles. The number of carbonyl (C=O) groups is 1. The average Bonchev–Trinajstić information content (AvgIpc) is 3.84. The first kappa shape index (κ1) is 35.3. The molecule has 0 bridgehead atoms. The molecule has 5 aromatic carbocycles. The summed E-state index contributed by atoms with van der Waals surface area (Å²) in [7, 11) is 0. The van der Waals surface area contributed by atoms with Gasteiger partial charge in [-0.15, -0.1) is 5.10 Å². The van der Waals surface area contributed by atoms with E-state index in [-0.39, 0.29) is 5.91 Å². The topological polar surface area (TPSA) is 103 Å². The smallest absolute Gasteiger partial charge is 0.230 e. The molecule has 8 aromatic rings. The standard InChI is InChI=1S/C46H42N8O/c1-5-41-47-39-29-30-40(49-44(55)45(2,3)4)48-43(39)53(41)31-32-25-27-33(28-26-32)37-23-15-16-24-38(37)42-50-51-52-54(42)46(34-17-9-6-10-18-34,35-19-11-7-12-20-35)36-21-13-8-14-22-36/h6-30H,5,31H2,1-4H3,(H,48,49,55). The Morgan fingerprint density at radius 2 is 1.22 bits per heavy atom. The van der Waals surface area contributed by atoms with E-state index in [4.69, 9.17) is 20.3 Å². The lowest BCUT2D eigenvalue weighted by Gasteiger charge is -2.36. The normalized spacial score (nSPS) is 11.9. The summed E-state index contributed by atoms with van der Waals surface area (Å²) in [6.45, 7) is 8.33. The molecule has 272 valence electrons. The summed E-state index contributed by atoms with van der Waals surface area (Å²) < 4.78 is 4.11. The van der Waals surface area contributed by atoms with Crippen molar-refractivity contribution < 1.29 is 4.79 Å². The van der Waals surface area contributed by atoms with Crippen LogP contribution in [0.1, 0.15) is 55.8 Å². The molecule has 55 heavy (non-hydrogen) atoms. The fourth-order valence-electron chi connectivity index (χ4n) is 7.25. The SMILES string of the molecule is CCc1nc2ccc(NC(=O)C(C)(C)C)nc2n1Cc1ccc(-c2ccccc2-c2nnnn2C(c2ccccc2)(c2ccccc2)c2ccccc2)cc1. The van der Waals surface area contributed by atoms with E-state index in [1.54, 1.807) is 0 Å². The van der Waals surface area contributed by atoms with E-state index < -0.39 is 11.0 Å². The van der Waals surface area contributed by atoms with Gasteiger partial charge in [-0.25, -0.2) is 14.6 Å². The zero-order valence-electron chi connectivity index (χ0n) is 31.4. The Hall–Kier alpha value is -6.74. The van der Waals surface area contributed by atoms with Crippen LogP contribution in [0.25, 0.3) is 33.7 Å². The quantitative estimate of drug-likeness (QED) is 0.141. The highest BCUT2D eigenvalue weighted by Gasteiger charge is 2.42. The van der Waals surface area contributed by atoms with Crippen LogP contribution < -0.4 is 5.32 Å². The van der Waals surface area contributed by atoms with Crippen LogP contribution in [0.2, 0.25) is 0 Å². The minimum absolute atomic E-state index is 0.0862. The highest BCUT2D eigenvalue weighted by molar-refractivity contribution is 5.94. The maximum atomic E-state index is 12.7. The Morgan fingerprint density at radius 1 is 0.655 bits per heavy atom. The van der Waals surface area contributed by atoms with E-state index in [1.165, 1.54) is 0 Å². The Morgan fingerprint density at radius 3 is 1.78 bits per heavy atom. The molecular weight excluding hydrogens is 681 g/mol. The Bertz CT molecular complexity index is 2470. The number of nitrogens with one attached hydrogen (secondary N) is 1. The molecular formula is C46H42N8O. The van der Waals surface area contributed by atoms with Gasteiger partial charge in [0.1, 0.15) is 22.7 Å². The van der Waals surface area contributed by atoms with Gasteiger partial charge in [0.2, 0.25) is 5.91 Å². The first-order valence-electron chi connectivity index (χ1n) is 18.6. The van der Waals surface area contributed by atoms with Gasteiger partial charge in [-0.1, -0.05) is 167 Å². The minimum atomic E-state index is -0.867. The van der Waals surface area contributed by atoms with Crippen LogP contribution in [0.5, 0.6) is 0 Å². The molecule has 8 rings (SSSR count). The number of amides is 1. The number of pyridine rings is 1. The molecule has 9 nitrogen and oxygen atoms in total. The van der Waals surface area contributed by atoms with E-state index in [0.29, 0.717) is 18.2 Å². The molecule has 0 aliphatic heterocycles. The fourth-order valence-corrected chi connectivity index (χ4v) is 7.25. The summed E-state index contributed by atoms with van der Waals surface area (Å²) in [6.07, 6.45) is 0.747. The molecule has 0 saturated heterocycles. The lowest BCUT2D eigenvalue weighted by molar-refractivity contribution is -0.123. The van der Waals surface area contributed by atoms with E-state index >= 15 is 0 Å². The van der Waals surface area contributed by atoms with Gasteiger partial charge < -0.3 is 9.88 Å². The van der Waals surface area contributed by atoms with E-state index in [1.807, 2.05) is 67.9 Å².